The molecule has 1 fully saturated rings. The van der Waals surface area contributed by atoms with E-state index in [9.17, 15) is 5.11 Å². The summed E-state index contributed by atoms with van der Waals surface area (Å²) in [6.45, 7) is 10.6. The van der Waals surface area contributed by atoms with Crippen LogP contribution in [-0.4, -0.2) is 42.2 Å². The van der Waals surface area contributed by atoms with Gasteiger partial charge in [-0.15, -0.1) is 0 Å². The largest absolute Gasteiger partial charge is 0.508 e. The van der Waals surface area contributed by atoms with Gasteiger partial charge in [0.05, 0.1) is 0 Å². The van der Waals surface area contributed by atoms with Crippen molar-refractivity contribution in [1.82, 2.24) is 4.90 Å². The number of hydrogen-bond acceptors (Lipinski definition) is 4. The highest BCUT2D eigenvalue weighted by atomic mass is 16.3. The van der Waals surface area contributed by atoms with E-state index < -0.39 is 0 Å². The van der Waals surface area contributed by atoms with Crippen LogP contribution in [0.5, 0.6) is 5.75 Å². The summed E-state index contributed by atoms with van der Waals surface area (Å²) in [5.41, 5.74) is 7.73. The van der Waals surface area contributed by atoms with Crippen LogP contribution in [0.25, 0.3) is 0 Å². The van der Waals surface area contributed by atoms with E-state index in [0.29, 0.717) is 11.8 Å². The molecule has 0 saturated carbocycles. The van der Waals surface area contributed by atoms with E-state index >= 15 is 0 Å². The summed E-state index contributed by atoms with van der Waals surface area (Å²) in [7, 11) is 0. The first kappa shape index (κ1) is 15.1. The Bertz CT molecular complexity index is 439. The second kappa shape index (κ2) is 6.46. The van der Waals surface area contributed by atoms with E-state index in [1.807, 2.05) is 19.1 Å². The highest BCUT2D eigenvalue weighted by Gasteiger charge is 2.20. The number of anilines is 1. The van der Waals surface area contributed by atoms with E-state index in [2.05, 4.69) is 29.7 Å². The molecular weight excluding hydrogens is 250 g/mol. The molecule has 1 aromatic rings. The number of aromatic hydroxyl groups is 1. The van der Waals surface area contributed by atoms with Crippen molar-refractivity contribution < 1.29 is 5.11 Å². The topological polar surface area (TPSA) is 52.7 Å². The maximum atomic E-state index is 10.1. The maximum Gasteiger partial charge on any atom is 0.122 e. The Morgan fingerprint density at radius 1 is 1.20 bits per heavy atom. The smallest absolute Gasteiger partial charge is 0.122 e. The molecule has 0 spiro atoms. The molecule has 1 heterocycles. The molecule has 0 amide bonds. The molecule has 1 aliphatic rings. The number of phenols is 1. The maximum absolute atomic E-state index is 10.1. The Balaban J connectivity index is 2.02. The lowest BCUT2D eigenvalue weighted by Gasteiger charge is -2.39. The molecule has 3 N–H and O–H groups in total. The van der Waals surface area contributed by atoms with Crippen molar-refractivity contribution in [2.45, 2.75) is 39.3 Å². The normalized spacial score (nSPS) is 19.9. The molecule has 0 aliphatic carbocycles. The number of piperazine rings is 1. The lowest BCUT2D eigenvalue weighted by molar-refractivity contribution is 0.193. The summed E-state index contributed by atoms with van der Waals surface area (Å²) >= 11 is 0. The number of benzene rings is 1. The van der Waals surface area contributed by atoms with Crippen molar-refractivity contribution in [2.75, 3.05) is 31.1 Å². The van der Waals surface area contributed by atoms with Crippen molar-refractivity contribution in [1.29, 1.82) is 0 Å². The standard InChI is InChI=1S/C16H27N3O/c1-4-12(2)18-7-9-19(10-8-18)14-5-6-15(13(3)17)16(20)11-14/h5-6,11-13,20H,4,7-10,17H2,1-3H3. The predicted molar refractivity (Wildman–Crippen MR) is 84.2 cm³/mol. The van der Waals surface area contributed by atoms with Crippen LogP contribution in [0.3, 0.4) is 0 Å². The molecule has 0 radical (unpaired) electrons. The summed E-state index contributed by atoms with van der Waals surface area (Å²) in [4.78, 5) is 4.87. The van der Waals surface area contributed by atoms with Crippen molar-refractivity contribution >= 4 is 5.69 Å². The fourth-order valence-corrected chi connectivity index (χ4v) is 2.79. The number of nitrogens with zero attached hydrogens (tertiary/aromatic N) is 2. The lowest BCUT2D eigenvalue weighted by atomic mass is 10.1. The molecule has 1 aliphatic heterocycles. The molecule has 4 heteroatoms. The molecular formula is C16H27N3O. The fraction of sp³-hybridized carbons (Fsp3) is 0.625. The highest BCUT2D eigenvalue weighted by Crippen LogP contribution is 2.28. The quantitative estimate of drug-likeness (QED) is 0.887. The molecule has 2 unspecified atom stereocenters. The minimum absolute atomic E-state index is 0.133. The van der Waals surface area contributed by atoms with Crippen molar-refractivity contribution in [3.05, 3.63) is 23.8 Å². The van der Waals surface area contributed by atoms with E-state index in [1.54, 1.807) is 0 Å². The first-order valence-corrected chi connectivity index (χ1v) is 7.60. The molecule has 0 bridgehead atoms. The van der Waals surface area contributed by atoms with E-state index in [1.165, 1.54) is 6.42 Å². The van der Waals surface area contributed by atoms with E-state index in [0.717, 1.165) is 37.4 Å². The number of rotatable bonds is 4. The third kappa shape index (κ3) is 3.25. The molecule has 20 heavy (non-hydrogen) atoms. The van der Waals surface area contributed by atoms with Crippen LogP contribution < -0.4 is 10.6 Å². The Hall–Kier alpha value is -1.26. The van der Waals surface area contributed by atoms with Crippen LogP contribution >= 0.6 is 0 Å². The predicted octanol–water partition coefficient (Wildman–Crippen LogP) is 2.33. The third-order valence-electron chi connectivity index (χ3n) is 4.40. The van der Waals surface area contributed by atoms with Gasteiger partial charge in [0.1, 0.15) is 5.75 Å². The second-order valence-corrected chi connectivity index (χ2v) is 5.81. The van der Waals surface area contributed by atoms with Gasteiger partial charge >= 0.3 is 0 Å². The summed E-state index contributed by atoms with van der Waals surface area (Å²) in [5, 5.41) is 10.1. The van der Waals surface area contributed by atoms with Gasteiger partial charge < -0.3 is 15.7 Å². The first-order valence-electron chi connectivity index (χ1n) is 7.60. The summed E-state index contributed by atoms with van der Waals surface area (Å²) in [5.74, 6) is 0.307. The van der Waals surface area contributed by atoms with Crippen LogP contribution in [0.1, 0.15) is 38.8 Å². The van der Waals surface area contributed by atoms with Gasteiger partial charge in [-0.3, -0.25) is 4.90 Å². The molecule has 2 atom stereocenters. The lowest BCUT2D eigenvalue weighted by Crippen LogP contribution is -2.49. The summed E-state index contributed by atoms with van der Waals surface area (Å²) in [6.07, 6.45) is 1.20. The minimum Gasteiger partial charge on any atom is -0.508 e. The summed E-state index contributed by atoms with van der Waals surface area (Å²) in [6, 6.07) is 6.38. The van der Waals surface area contributed by atoms with Crippen LogP contribution in [0.4, 0.5) is 5.69 Å². The Kier molecular flexibility index (Phi) is 4.89. The zero-order valence-electron chi connectivity index (χ0n) is 12.8. The summed E-state index contributed by atoms with van der Waals surface area (Å²) < 4.78 is 0. The molecule has 112 valence electrons. The van der Waals surface area contributed by atoms with Gasteiger partial charge in [0.25, 0.3) is 0 Å². The Morgan fingerprint density at radius 2 is 1.85 bits per heavy atom. The van der Waals surface area contributed by atoms with Gasteiger partial charge in [0, 0.05) is 55.6 Å². The Morgan fingerprint density at radius 3 is 2.35 bits per heavy atom. The van der Waals surface area contributed by atoms with Crippen molar-refractivity contribution in [3.63, 3.8) is 0 Å². The average Bonchev–Trinajstić information content (AvgIpc) is 2.46. The molecule has 4 nitrogen and oxygen atoms in total. The second-order valence-electron chi connectivity index (χ2n) is 5.81. The third-order valence-corrected chi connectivity index (χ3v) is 4.40. The van der Waals surface area contributed by atoms with Gasteiger partial charge in [-0.25, -0.2) is 0 Å². The number of nitrogens with two attached hydrogens (primary N) is 1. The van der Waals surface area contributed by atoms with E-state index in [4.69, 9.17) is 5.73 Å². The first-order chi connectivity index (χ1) is 9.52. The monoisotopic (exact) mass is 277 g/mol. The van der Waals surface area contributed by atoms with Crippen LogP contribution in [-0.2, 0) is 0 Å². The average molecular weight is 277 g/mol. The zero-order valence-corrected chi connectivity index (χ0v) is 12.8. The molecule has 0 aromatic heterocycles. The minimum atomic E-state index is -0.133. The highest BCUT2D eigenvalue weighted by molar-refractivity contribution is 5.54. The van der Waals surface area contributed by atoms with Crippen molar-refractivity contribution in [2.24, 2.45) is 5.73 Å². The number of phenolic OH excluding ortho intramolecular Hbond substituents is 1. The molecule has 1 aromatic carbocycles. The van der Waals surface area contributed by atoms with Gasteiger partial charge in [-0.2, -0.15) is 0 Å². The van der Waals surface area contributed by atoms with Crippen LogP contribution in [0, 0.1) is 0 Å². The van der Waals surface area contributed by atoms with Gasteiger partial charge in [-0.1, -0.05) is 13.0 Å². The van der Waals surface area contributed by atoms with E-state index in [-0.39, 0.29) is 6.04 Å². The SMILES string of the molecule is CCC(C)N1CCN(c2ccc(C(C)N)c(O)c2)CC1. The van der Waals surface area contributed by atoms with Gasteiger partial charge in [-0.05, 0) is 26.3 Å². The van der Waals surface area contributed by atoms with Crippen LogP contribution in [0.15, 0.2) is 18.2 Å². The van der Waals surface area contributed by atoms with Crippen LogP contribution in [0.2, 0.25) is 0 Å². The van der Waals surface area contributed by atoms with Gasteiger partial charge in [0.2, 0.25) is 0 Å². The molecule has 2 rings (SSSR count). The zero-order chi connectivity index (χ0) is 14.7. The number of hydrogen-bond donors (Lipinski definition) is 2. The Labute approximate surface area is 122 Å². The van der Waals surface area contributed by atoms with Crippen molar-refractivity contribution in [3.8, 4) is 5.75 Å². The fourth-order valence-electron chi connectivity index (χ4n) is 2.79. The van der Waals surface area contributed by atoms with Gasteiger partial charge in [0.15, 0.2) is 0 Å². The molecule has 1 saturated heterocycles.